The van der Waals surface area contributed by atoms with E-state index < -0.39 is 5.82 Å². The molecular formula is C14H11ClF2O. The molecule has 0 aromatic heterocycles. The maximum atomic E-state index is 13.1. The largest absolute Gasteiger partial charge is 0.487 e. The Bertz CT molecular complexity index is 518. The Hall–Kier alpha value is -1.61. The van der Waals surface area contributed by atoms with E-state index in [4.69, 9.17) is 16.3 Å². The Morgan fingerprint density at radius 3 is 2.50 bits per heavy atom. The van der Waals surface area contributed by atoms with Crippen molar-refractivity contribution >= 4 is 11.6 Å². The molecule has 0 N–H and O–H groups in total. The minimum atomic E-state index is -0.426. The van der Waals surface area contributed by atoms with Crippen molar-refractivity contribution < 1.29 is 13.5 Å². The number of hydrogen-bond acceptors (Lipinski definition) is 1. The lowest BCUT2D eigenvalue weighted by Gasteiger charge is -2.10. The van der Waals surface area contributed by atoms with E-state index >= 15 is 0 Å². The van der Waals surface area contributed by atoms with Crippen molar-refractivity contribution in [1.29, 1.82) is 0 Å². The first-order chi connectivity index (χ1) is 8.56. The number of halogens is 3. The fourth-order valence-corrected chi connectivity index (χ4v) is 1.71. The molecule has 18 heavy (non-hydrogen) atoms. The van der Waals surface area contributed by atoms with Gasteiger partial charge in [0.15, 0.2) is 0 Å². The quantitative estimate of drug-likeness (QED) is 0.796. The minimum absolute atomic E-state index is 0.146. The summed E-state index contributed by atoms with van der Waals surface area (Å²) in [6, 6.07) is 8.32. The van der Waals surface area contributed by atoms with Crippen molar-refractivity contribution in [3.05, 3.63) is 64.2 Å². The third-order valence-electron chi connectivity index (χ3n) is 2.59. The molecular weight excluding hydrogens is 258 g/mol. The Balaban J connectivity index is 2.16. The molecule has 0 amide bonds. The summed E-state index contributed by atoms with van der Waals surface area (Å²) in [4.78, 5) is 0. The zero-order chi connectivity index (χ0) is 13.1. The van der Waals surface area contributed by atoms with Crippen LogP contribution in [0.2, 0.25) is 5.02 Å². The van der Waals surface area contributed by atoms with Crippen LogP contribution in [0.4, 0.5) is 8.78 Å². The predicted molar refractivity (Wildman–Crippen MR) is 66.9 cm³/mol. The Morgan fingerprint density at radius 1 is 1.06 bits per heavy atom. The van der Waals surface area contributed by atoms with Crippen LogP contribution in [0.15, 0.2) is 36.4 Å². The zero-order valence-electron chi connectivity index (χ0n) is 9.71. The van der Waals surface area contributed by atoms with Gasteiger partial charge in [-0.1, -0.05) is 17.7 Å². The lowest BCUT2D eigenvalue weighted by atomic mass is 10.1. The maximum absolute atomic E-state index is 13.1. The third kappa shape index (κ3) is 2.99. The molecule has 2 aromatic rings. The number of aryl methyl sites for hydroxylation is 1. The average molecular weight is 269 g/mol. The van der Waals surface area contributed by atoms with Gasteiger partial charge >= 0.3 is 0 Å². The van der Waals surface area contributed by atoms with Crippen molar-refractivity contribution in [2.75, 3.05) is 0 Å². The Labute approximate surface area is 109 Å². The van der Waals surface area contributed by atoms with Crippen LogP contribution in [-0.4, -0.2) is 0 Å². The van der Waals surface area contributed by atoms with Crippen LogP contribution >= 0.6 is 11.6 Å². The summed E-state index contributed by atoms with van der Waals surface area (Å²) in [5, 5.41) is 0.324. The smallest absolute Gasteiger partial charge is 0.141 e. The molecule has 2 rings (SSSR count). The van der Waals surface area contributed by atoms with Gasteiger partial charge in [-0.05, 0) is 42.3 Å². The van der Waals surface area contributed by atoms with Crippen LogP contribution in [0, 0.1) is 18.6 Å². The summed E-state index contributed by atoms with van der Waals surface area (Å²) < 4.78 is 31.5. The highest BCUT2D eigenvalue weighted by molar-refractivity contribution is 6.32. The van der Waals surface area contributed by atoms with E-state index in [1.54, 1.807) is 6.07 Å². The highest BCUT2D eigenvalue weighted by atomic mass is 35.5. The van der Waals surface area contributed by atoms with E-state index in [1.165, 1.54) is 30.3 Å². The fraction of sp³-hybridized carbons (Fsp3) is 0.143. The Kier molecular flexibility index (Phi) is 3.82. The van der Waals surface area contributed by atoms with Crippen molar-refractivity contribution in [3.8, 4) is 5.75 Å². The molecule has 94 valence electrons. The van der Waals surface area contributed by atoms with E-state index in [1.807, 2.05) is 6.92 Å². The summed E-state index contributed by atoms with van der Waals surface area (Å²) in [5.41, 5.74) is 1.61. The highest BCUT2D eigenvalue weighted by Crippen LogP contribution is 2.26. The molecule has 4 heteroatoms. The molecule has 0 aliphatic heterocycles. The molecule has 0 spiro atoms. The molecule has 0 radical (unpaired) electrons. The van der Waals surface area contributed by atoms with E-state index in [-0.39, 0.29) is 18.2 Å². The summed E-state index contributed by atoms with van der Waals surface area (Å²) in [7, 11) is 0. The lowest BCUT2D eigenvalue weighted by Crippen LogP contribution is -1.99. The van der Waals surface area contributed by atoms with Gasteiger partial charge in [0.2, 0.25) is 0 Å². The molecule has 0 fully saturated rings. The van der Waals surface area contributed by atoms with Gasteiger partial charge in [-0.25, -0.2) is 8.78 Å². The molecule has 0 atom stereocenters. The standard InChI is InChI=1S/C14H11ClF2O/c1-9-2-3-11(16)6-10(9)8-18-14-7-12(17)4-5-13(14)15/h2-7H,8H2,1H3. The summed E-state index contributed by atoms with van der Waals surface area (Å²) in [6.45, 7) is 2.00. The molecule has 0 saturated heterocycles. The molecule has 0 saturated carbocycles. The molecule has 0 bridgehead atoms. The van der Waals surface area contributed by atoms with Crippen molar-refractivity contribution in [2.24, 2.45) is 0 Å². The zero-order valence-corrected chi connectivity index (χ0v) is 10.5. The fourth-order valence-electron chi connectivity index (χ4n) is 1.54. The molecule has 1 nitrogen and oxygen atoms in total. The number of benzene rings is 2. The van der Waals surface area contributed by atoms with Gasteiger partial charge in [-0.2, -0.15) is 0 Å². The number of hydrogen-bond donors (Lipinski definition) is 0. The van der Waals surface area contributed by atoms with E-state index in [9.17, 15) is 8.78 Å². The summed E-state index contributed by atoms with van der Waals surface area (Å²) in [6.07, 6.45) is 0. The first-order valence-corrected chi connectivity index (χ1v) is 5.77. The number of rotatable bonds is 3. The molecule has 0 aliphatic carbocycles. The van der Waals surface area contributed by atoms with Gasteiger partial charge in [0.05, 0.1) is 5.02 Å². The van der Waals surface area contributed by atoms with Gasteiger partial charge < -0.3 is 4.74 Å². The van der Waals surface area contributed by atoms with Crippen molar-refractivity contribution in [3.63, 3.8) is 0 Å². The van der Waals surface area contributed by atoms with Crippen LogP contribution in [0.3, 0.4) is 0 Å². The van der Waals surface area contributed by atoms with Gasteiger partial charge in [0.1, 0.15) is 24.0 Å². The summed E-state index contributed by atoms with van der Waals surface area (Å²) in [5.74, 6) is -0.504. The van der Waals surface area contributed by atoms with Gasteiger partial charge in [-0.15, -0.1) is 0 Å². The second-order valence-electron chi connectivity index (χ2n) is 3.93. The van der Waals surface area contributed by atoms with Crippen LogP contribution in [0.1, 0.15) is 11.1 Å². The van der Waals surface area contributed by atoms with Crippen LogP contribution in [0.25, 0.3) is 0 Å². The van der Waals surface area contributed by atoms with Crippen LogP contribution < -0.4 is 4.74 Å². The molecule has 0 heterocycles. The normalized spacial score (nSPS) is 10.4. The van der Waals surface area contributed by atoms with Gasteiger partial charge in [-0.3, -0.25) is 0 Å². The topological polar surface area (TPSA) is 9.23 Å². The van der Waals surface area contributed by atoms with E-state index in [0.29, 0.717) is 10.6 Å². The monoisotopic (exact) mass is 268 g/mol. The minimum Gasteiger partial charge on any atom is -0.487 e. The van der Waals surface area contributed by atoms with Crippen molar-refractivity contribution in [2.45, 2.75) is 13.5 Å². The van der Waals surface area contributed by atoms with E-state index in [0.717, 1.165) is 5.56 Å². The first kappa shape index (κ1) is 12.8. The van der Waals surface area contributed by atoms with Gasteiger partial charge in [0.25, 0.3) is 0 Å². The maximum Gasteiger partial charge on any atom is 0.141 e. The Morgan fingerprint density at radius 2 is 1.72 bits per heavy atom. The van der Waals surface area contributed by atoms with Crippen molar-refractivity contribution in [1.82, 2.24) is 0 Å². The average Bonchev–Trinajstić information content (AvgIpc) is 2.34. The second kappa shape index (κ2) is 5.36. The predicted octanol–water partition coefficient (Wildman–Crippen LogP) is 4.51. The molecule has 2 aromatic carbocycles. The SMILES string of the molecule is Cc1ccc(F)cc1COc1cc(F)ccc1Cl. The third-order valence-corrected chi connectivity index (χ3v) is 2.90. The lowest BCUT2D eigenvalue weighted by molar-refractivity contribution is 0.303. The second-order valence-corrected chi connectivity index (χ2v) is 4.34. The molecule has 0 unspecified atom stereocenters. The summed E-state index contributed by atoms with van der Waals surface area (Å²) >= 11 is 5.87. The molecule has 0 aliphatic rings. The highest BCUT2D eigenvalue weighted by Gasteiger charge is 2.06. The van der Waals surface area contributed by atoms with Crippen LogP contribution in [-0.2, 0) is 6.61 Å². The number of ether oxygens (including phenoxy) is 1. The van der Waals surface area contributed by atoms with Crippen LogP contribution in [0.5, 0.6) is 5.75 Å². The van der Waals surface area contributed by atoms with E-state index in [2.05, 4.69) is 0 Å². The van der Waals surface area contributed by atoms with Gasteiger partial charge in [0, 0.05) is 6.07 Å². The first-order valence-electron chi connectivity index (χ1n) is 5.39.